The molecule has 104 valence electrons. The SMILES string of the molecule is O=C(O)CC1(NC(=O)c2cc(Br)cs2)CCOCC1. The highest BCUT2D eigenvalue weighted by Gasteiger charge is 2.36. The molecule has 19 heavy (non-hydrogen) atoms. The van der Waals surface area contributed by atoms with Gasteiger partial charge in [-0.3, -0.25) is 9.59 Å². The molecule has 0 spiro atoms. The Hall–Kier alpha value is -0.920. The van der Waals surface area contributed by atoms with Crippen LogP contribution >= 0.6 is 27.3 Å². The summed E-state index contributed by atoms with van der Waals surface area (Å²) in [6, 6.07) is 1.73. The second kappa shape index (κ2) is 6.02. The Morgan fingerprint density at radius 2 is 2.16 bits per heavy atom. The van der Waals surface area contributed by atoms with Gasteiger partial charge < -0.3 is 15.2 Å². The van der Waals surface area contributed by atoms with Crippen LogP contribution in [0.15, 0.2) is 15.9 Å². The van der Waals surface area contributed by atoms with Crippen molar-refractivity contribution in [2.24, 2.45) is 0 Å². The Morgan fingerprint density at radius 1 is 1.47 bits per heavy atom. The number of carbonyl (C=O) groups excluding carboxylic acids is 1. The predicted octanol–water partition coefficient (Wildman–Crippen LogP) is 2.26. The predicted molar refractivity (Wildman–Crippen MR) is 74.5 cm³/mol. The number of ether oxygens (including phenoxy) is 1. The molecule has 0 radical (unpaired) electrons. The summed E-state index contributed by atoms with van der Waals surface area (Å²) in [5, 5.41) is 13.7. The van der Waals surface area contributed by atoms with Crippen LogP contribution < -0.4 is 5.32 Å². The number of hydrogen-bond donors (Lipinski definition) is 2. The lowest BCUT2D eigenvalue weighted by Gasteiger charge is -2.36. The highest BCUT2D eigenvalue weighted by molar-refractivity contribution is 9.10. The smallest absolute Gasteiger partial charge is 0.305 e. The average molecular weight is 348 g/mol. The van der Waals surface area contributed by atoms with E-state index >= 15 is 0 Å². The zero-order valence-electron chi connectivity index (χ0n) is 10.1. The van der Waals surface area contributed by atoms with Crippen LogP contribution in [0.2, 0.25) is 0 Å². The quantitative estimate of drug-likeness (QED) is 0.875. The molecule has 2 N–H and O–H groups in total. The average Bonchev–Trinajstić information content (AvgIpc) is 2.76. The van der Waals surface area contributed by atoms with E-state index in [2.05, 4.69) is 21.2 Å². The number of halogens is 1. The van der Waals surface area contributed by atoms with Gasteiger partial charge in [-0.25, -0.2) is 0 Å². The molecule has 1 aliphatic heterocycles. The second-order valence-corrected chi connectivity index (χ2v) is 6.37. The third kappa shape index (κ3) is 3.77. The minimum Gasteiger partial charge on any atom is -0.481 e. The van der Waals surface area contributed by atoms with E-state index in [4.69, 9.17) is 9.84 Å². The molecule has 0 unspecified atom stereocenters. The summed E-state index contributed by atoms with van der Waals surface area (Å²) in [4.78, 5) is 23.7. The number of nitrogens with one attached hydrogen (secondary N) is 1. The molecule has 0 aromatic carbocycles. The van der Waals surface area contributed by atoms with Gasteiger partial charge in [-0.1, -0.05) is 0 Å². The summed E-state index contributed by atoms with van der Waals surface area (Å²) >= 11 is 4.62. The molecule has 2 heterocycles. The third-order valence-corrected chi connectivity index (χ3v) is 4.80. The van der Waals surface area contributed by atoms with Crippen LogP contribution in [0, 0.1) is 0 Å². The first-order valence-electron chi connectivity index (χ1n) is 5.87. The molecule has 7 heteroatoms. The number of rotatable bonds is 4. The van der Waals surface area contributed by atoms with Crippen LogP contribution in [0.1, 0.15) is 28.9 Å². The van der Waals surface area contributed by atoms with Crippen molar-refractivity contribution in [3.05, 3.63) is 20.8 Å². The lowest BCUT2D eigenvalue weighted by molar-refractivity contribution is -0.139. The van der Waals surface area contributed by atoms with Gasteiger partial charge in [0.1, 0.15) is 0 Å². The Labute approximate surface area is 123 Å². The van der Waals surface area contributed by atoms with Crippen molar-refractivity contribution in [1.82, 2.24) is 5.32 Å². The molecule has 0 saturated carbocycles. The maximum atomic E-state index is 12.2. The van der Waals surface area contributed by atoms with Crippen molar-refractivity contribution in [2.75, 3.05) is 13.2 Å². The van der Waals surface area contributed by atoms with Crippen molar-refractivity contribution < 1.29 is 19.4 Å². The fourth-order valence-corrected chi connectivity index (χ4v) is 3.45. The van der Waals surface area contributed by atoms with Crippen molar-refractivity contribution >= 4 is 39.1 Å². The van der Waals surface area contributed by atoms with E-state index in [-0.39, 0.29) is 12.3 Å². The number of amides is 1. The van der Waals surface area contributed by atoms with Gasteiger partial charge in [0.05, 0.1) is 16.8 Å². The summed E-state index contributed by atoms with van der Waals surface area (Å²) in [5.74, 6) is -1.13. The van der Waals surface area contributed by atoms with Crippen LogP contribution in [0.3, 0.4) is 0 Å². The number of hydrogen-bond acceptors (Lipinski definition) is 4. The molecule has 1 aromatic heterocycles. The molecule has 0 aliphatic carbocycles. The van der Waals surface area contributed by atoms with Gasteiger partial charge >= 0.3 is 5.97 Å². The van der Waals surface area contributed by atoms with Crippen LogP contribution in [-0.4, -0.2) is 35.7 Å². The number of thiophene rings is 1. The first-order chi connectivity index (χ1) is 9.01. The van der Waals surface area contributed by atoms with E-state index in [9.17, 15) is 9.59 Å². The van der Waals surface area contributed by atoms with Crippen LogP contribution in [-0.2, 0) is 9.53 Å². The van der Waals surface area contributed by atoms with Crippen LogP contribution in [0.5, 0.6) is 0 Å². The molecule has 1 amide bonds. The Morgan fingerprint density at radius 3 is 2.68 bits per heavy atom. The zero-order chi connectivity index (χ0) is 13.9. The highest BCUT2D eigenvalue weighted by Crippen LogP contribution is 2.26. The maximum absolute atomic E-state index is 12.2. The number of carboxylic acid groups (broad SMARTS) is 1. The monoisotopic (exact) mass is 347 g/mol. The van der Waals surface area contributed by atoms with Gasteiger partial charge in [-0.05, 0) is 34.8 Å². The second-order valence-electron chi connectivity index (χ2n) is 4.55. The normalized spacial score (nSPS) is 17.9. The van der Waals surface area contributed by atoms with Gasteiger partial charge in [0.25, 0.3) is 5.91 Å². The van der Waals surface area contributed by atoms with Gasteiger partial charge in [0.2, 0.25) is 0 Å². The van der Waals surface area contributed by atoms with Crippen molar-refractivity contribution in [3.63, 3.8) is 0 Å². The van der Waals surface area contributed by atoms with Crippen LogP contribution in [0.4, 0.5) is 0 Å². The molecule has 0 bridgehead atoms. The largest absolute Gasteiger partial charge is 0.481 e. The summed E-state index contributed by atoms with van der Waals surface area (Å²) < 4.78 is 6.10. The molecule has 2 rings (SSSR count). The summed E-state index contributed by atoms with van der Waals surface area (Å²) in [7, 11) is 0. The fraction of sp³-hybridized carbons (Fsp3) is 0.500. The molecule has 1 fully saturated rings. The fourth-order valence-electron chi connectivity index (χ4n) is 2.13. The lowest BCUT2D eigenvalue weighted by atomic mass is 9.86. The Kier molecular flexibility index (Phi) is 4.59. The molecule has 0 atom stereocenters. The molecule has 5 nitrogen and oxygen atoms in total. The molecule has 1 saturated heterocycles. The standard InChI is InChI=1S/C12H14BrNO4S/c13-8-5-9(19-7-8)11(17)14-12(6-10(15)16)1-3-18-4-2-12/h5,7H,1-4,6H2,(H,14,17)(H,15,16). The van der Waals surface area contributed by atoms with Gasteiger partial charge in [0.15, 0.2) is 0 Å². The van der Waals surface area contributed by atoms with Crippen molar-refractivity contribution in [1.29, 1.82) is 0 Å². The van der Waals surface area contributed by atoms with Gasteiger partial charge in [-0.2, -0.15) is 0 Å². The minimum absolute atomic E-state index is 0.0748. The first kappa shape index (κ1) is 14.5. The number of carbonyl (C=O) groups is 2. The molecular weight excluding hydrogens is 334 g/mol. The van der Waals surface area contributed by atoms with E-state index in [1.807, 2.05) is 5.38 Å². The molecule has 1 aliphatic rings. The van der Waals surface area contributed by atoms with E-state index in [0.29, 0.717) is 30.9 Å². The topological polar surface area (TPSA) is 75.6 Å². The van der Waals surface area contributed by atoms with Gasteiger partial charge in [-0.15, -0.1) is 11.3 Å². The number of carboxylic acids is 1. The van der Waals surface area contributed by atoms with E-state index in [1.165, 1.54) is 11.3 Å². The summed E-state index contributed by atoms with van der Waals surface area (Å²) in [6.45, 7) is 0.948. The molecular formula is C12H14BrNO4S. The van der Waals surface area contributed by atoms with Gasteiger partial charge in [0, 0.05) is 23.1 Å². The Balaban J connectivity index is 2.11. The zero-order valence-corrected chi connectivity index (χ0v) is 12.6. The lowest BCUT2D eigenvalue weighted by Crippen LogP contribution is -2.53. The number of aliphatic carboxylic acids is 1. The highest BCUT2D eigenvalue weighted by atomic mass is 79.9. The van der Waals surface area contributed by atoms with E-state index in [1.54, 1.807) is 6.07 Å². The first-order valence-corrected chi connectivity index (χ1v) is 7.54. The molecule has 1 aromatic rings. The Bertz CT molecular complexity index is 482. The van der Waals surface area contributed by atoms with Crippen LogP contribution in [0.25, 0.3) is 0 Å². The summed E-state index contributed by atoms with van der Waals surface area (Å²) in [5.41, 5.74) is -0.697. The van der Waals surface area contributed by atoms with E-state index < -0.39 is 11.5 Å². The third-order valence-electron chi connectivity index (χ3n) is 3.11. The summed E-state index contributed by atoms with van der Waals surface area (Å²) in [6.07, 6.45) is 0.976. The van der Waals surface area contributed by atoms with Crippen molar-refractivity contribution in [2.45, 2.75) is 24.8 Å². The minimum atomic E-state index is -0.908. The van der Waals surface area contributed by atoms with E-state index in [0.717, 1.165) is 4.47 Å². The maximum Gasteiger partial charge on any atom is 0.305 e. The van der Waals surface area contributed by atoms with Crippen molar-refractivity contribution in [3.8, 4) is 0 Å².